The zero-order valence-corrected chi connectivity index (χ0v) is 31.4. The second-order valence-electron chi connectivity index (χ2n) is 13.7. The second-order valence-corrected chi connectivity index (χ2v) is 13.7. The van der Waals surface area contributed by atoms with E-state index in [0.717, 1.165) is 44.5 Å². The van der Waals surface area contributed by atoms with Gasteiger partial charge in [0.05, 0.1) is 5.41 Å². The molecule has 0 saturated heterocycles. The molecule has 0 N–H and O–H groups in total. The van der Waals surface area contributed by atoms with Crippen LogP contribution in [-0.4, -0.2) is 19.9 Å². The van der Waals surface area contributed by atoms with Crippen molar-refractivity contribution in [1.29, 1.82) is 0 Å². The zero-order chi connectivity index (χ0) is 38.5. The van der Waals surface area contributed by atoms with E-state index in [0.29, 0.717) is 0 Å². The van der Waals surface area contributed by atoms with Gasteiger partial charge in [-0.3, -0.25) is 19.9 Å². The molecule has 0 amide bonds. The molecule has 0 aliphatic rings. The fraction of sp³-hybridized carbons (Fsp3) is 0.0189. The summed E-state index contributed by atoms with van der Waals surface area (Å²) in [6, 6.07) is 52.0. The van der Waals surface area contributed by atoms with Crippen LogP contribution in [-0.2, 0) is 5.41 Å². The molecule has 8 aromatic rings. The lowest BCUT2D eigenvalue weighted by atomic mass is 9.64. The molecule has 0 aliphatic heterocycles. The number of aromatic nitrogens is 4. The minimum Gasteiger partial charge on any atom is -0.265 e. The average molecular weight is 733 g/mol. The van der Waals surface area contributed by atoms with Crippen LogP contribution in [0.15, 0.2) is 195 Å². The lowest BCUT2D eigenvalue weighted by Gasteiger charge is -2.37. The third kappa shape index (κ3) is 8.88. The van der Waals surface area contributed by atoms with Gasteiger partial charge in [-0.2, -0.15) is 0 Å². The zero-order valence-electron chi connectivity index (χ0n) is 31.4. The van der Waals surface area contributed by atoms with Gasteiger partial charge in [-0.1, -0.05) is 146 Å². The maximum absolute atomic E-state index is 4.16. The van der Waals surface area contributed by atoms with Crippen LogP contribution in [0.1, 0.15) is 66.8 Å². The first kappa shape index (κ1) is 36.4. The summed E-state index contributed by atoms with van der Waals surface area (Å²) in [5.74, 6) is 0. The Morgan fingerprint density at radius 1 is 0.211 bits per heavy atom. The minimum atomic E-state index is -0.638. The van der Waals surface area contributed by atoms with Gasteiger partial charge in [-0.25, -0.2) is 0 Å². The SMILES string of the molecule is C(=Cc1ccc(C(c2ccc(C=Cc3ccncc3)cc2)(c2ccc(C=Cc3ccncc3)cc2)c2ccc(C=Cc3ccncc3)cc2)cc1)c1ccncc1. The summed E-state index contributed by atoms with van der Waals surface area (Å²) in [4.78, 5) is 16.6. The number of hydrogen-bond acceptors (Lipinski definition) is 4. The summed E-state index contributed by atoms with van der Waals surface area (Å²) < 4.78 is 0. The standard InChI is InChI=1S/C53H40N4/c1(5-45-25-33-54-34-26-45)41-9-17-49(18-10-41)53(50-19-11-42(12-20-50)2-6-46-27-35-55-36-28-46,51-21-13-43(14-22-51)3-7-47-29-37-56-38-30-47)52-23-15-44(16-24-52)4-8-48-31-39-57-40-32-48/h1-40H. The van der Waals surface area contributed by atoms with Crippen molar-refractivity contribution in [2.45, 2.75) is 5.41 Å². The predicted octanol–water partition coefficient (Wildman–Crippen LogP) is 12.3. The molecule has 0 unspecified atom stereocenters. The Morgan fingerprint density at radius 2 is 0.368 bits per heavy atom. The maximum Gasteiger partial charge on any atom is 0.0701 e. The lowest BCUT2D eigenvalue weighted by Crippen LogP contribution is -2.31. The van der Waals surface area contributed by atoms with Crippen molar-refractivity contribution in [2.75, 3.05) is 0 Å². The molecular weight excluding hydrogens is 693 g/mol. The smallest absolute Gasteiger partial charge is 0.0701 e. The molecule has 0 radical (unpaired) electrons. The van der Waals surface area contributed by atoms with Crippen LogP contribution in [0, 0.1) is 0 Å². The minimum absolute atomic E-state index is 0.638. The summed E-state index contributed by atoms with van der Waals surface area (Å²) >= 11 is 0. The molecule has 4 aromatic heterocycles. The number of benzene rings is 4. The molecule has 4 aromatic carbocycles. The fourth-order valence-electron chi connectivity index (χ4n) is 7.04. The molecule has 0 saturated carbocycles. The van der Waals surface area contributed by atoms with Crippen LogP contribution < -0.4 is 0 Å². The Hall–Kier alpha value is -7.56. The van der Waals surface area contributed by atoms with Gasteiger partial charge >= 0.3 is 0 Å². The van der Waals surface area contributed by atoms with Crippen LogP contribution in [0.25, 0.3) is 48.6 Å². The van der Waals surface area contributed by atoms with Gasteiger partial charge in [-0.15, -0.1) is 0 Å². The van der Waals surface area contributed by atoms with E-state index < -0.39 is 5.41 Å². The second kappa shape index (κ2) is 17.7. The summed E-state index contributed by atoms with van der Waals surface area (Å²) in [5.41, 5.74) is 13.0. The molecule has 57 heavy (non-hydrogen) atoms. The Morgan fingerprint density at radius 3 is 0.544 bits per heavy atom. The molecule has 0 spiro atoms. The van der Waals surface area contributed by atoms with Crippen molar-refractivity contribution in [3.63, 3.8) is 0 Å². The first-order chi connectivity index (χ1) is 28.2. The molecule has 0 aliphatic carbocycles. The molecule has 4 nitrogen and oxygen atoms in total. The summed E-state index contributed by atoms with van der Waals surface area (Å²) in [6.07, 6.45) is 31.6. The van der Waals surface area contributed by atoms with E-state index in [9.17, 15) is 0 Å². The Labute approximate surface area is 334 Å². The highest BCUT2D eigenvalue weighted by Crippen LogP contribution is 2.45. The Bertz CT molecular complexity index is 2220. The van der Waals surface area contributed by atoms with Gasteiger partial charge < -0.3 is 0 Å². The fourth-order valence-corrected chi connectivity index (χ4v) is 7.04. The highest BCUT2D eigenvalue weighted by molar-refractivity contribution is 5.74. The van der Waals surface area contributed by atoms with Gasteiger partial charge in [-0.05, 0) is 115 Å². The highest BCUT2D eigenvalue weighted by Gasteiger charge is 2.38. The first-order valence-electron chi connectivity index (χ1n) is 19.0. The molecule has 272 valence electrons. The van der Waals surface area contributed by atoms with E-state index in [1.807, 2.05) is 98.1 Å². The van der Waals surface area contributed by atoms with Crippen molar-refractivity contribution < 1.29 is 0 Å². The Kier molecular flexibility index (Phi) is 11.3. The van der Waals surface area contributed by atoms with E-state index in [1.54, 1.807) is 0 Å². The van der Waals surface area contributed by atoms with Crippen LogP contribution in [0.4, 0.5) is 0 Å². The molecule has 4 heterocycles. The van der Waals surface area contributed by atoms with Gasteiger partial charge in [0.1, 0.15) is 0 Å². The van der Waals surface area contributed by atoms with Crippen molar-refractivity contribution in [3.05, 3.63) is 262 Å². The van der Waals surface area contributed by atoms with Crippen molar-refractivity contribution in [2.24, 2.45) is 0 Å². The molecular formula is C53H40N4. The maximum atomic E-state index is 4.16. The highest BCUT2D eigenvalue weighted by atomic mass is 14.6. The van der Waals surface area contributed by atoms with E-state index in [1.165, 1.54) is 22.3 Å². The molecule has 8 rings (SSSR count). The number of pyridine rings is 4. The first-order valence-corrected chi connectivity index (χ1v) is 19.0. The molecule has 4 heteroatoms. The average Bonchev–Trinajstić information content (AvgIpc) is 3.29. The van der Waals surface area contributed by atoms with Crippen LogP contribution in [0.3, 0.4) is 0 Å². The number of hydrogen-bond donors (Lipinski definition) is 0. The quantitative estimate of drug-likeness (QED) is 0.117. The van der Waals surface area contributed by atoms with Gasteiger partial charge in [0.2, 0.25) is 0 Å². The molecule has 0 fully saturated rings. The van der Waals surface area contributed by atoms with Crippen molar-refractivity contribution in [3.8, 4) is 0 Å². The number of nitrogens with zero attached hydrogens (tertiary/aromatic N) is 4. The summed E-state index contributed by atoms with van der Waals surface area (Å²) in [6.45, 7) is 0. The van der Waals surface area contributed by atoms with Crippen LogP contribution in [0.5, 0.6) is 0 Å². The van der Waals surface area contributed by atoms with E-state index in [4.69, 9.17) is 0 Å². The van der Waals surface area contributed by atoms with E-state index in [2.05, 4.69) is 166 Å². The largest absolute Gasteiger partial charge is 0.265 e. The summed E-state index contributed by atoms with van der Waals surface area (Å²) in [7, 11) is 0. The predicted molar refractivity (Wildman–Crippen MR) is 237 cm³/mol. The van der Waals surface area contributed by atoms with E-state index >= 15 is 0 Å². The monoisotopic (exact) mass is 732 g/mol. The van der Waals surface area contributed by atoms with Crippen LogP contribution >= 0.6 is 0 Å². The third-order valence-corrected chi connectivity index (χ3v) is 10.1. The lowest BCUT2D eigenvalue weighted by molar-refractivity contribution is 0.744. The molecule has 0 atom stereocenters. The van der Waals surface area contributed by atoms with Crippen molar-refractivity contribution in [1.82, 2.24) is 19.9 Å². The van der Waals surface area contributed by atoms with Gasteiger partial charge in [0, 0.05) is 49.6 Å². The topological polar surface area (TPSA) is 51.6 Å². The number of rotatable bonds is 12. The summed E-state index contributed by atoms with van der Waals surface area (Å²) in [5, 5.41) is 0. The molecule has 0 bridgehead atoms. The normalized spacial score (nSPS) is 12.8. The Balaban J connectivity index is 1.25. The third-order valence-electron chi connectivity index (χ3n) is 10.1. The van der Waals surface area contributed by atoms with Crippen molar-refractivity contribution >= 4 is 48.6 Å². The van der Waals surface area contributed by atoms with Crippen LogP contribution in [0.2, 0.25) is 0 Å². The van der Waals surface area contributed by atoms with Gasteiger partial charge in [0.25, 0.3) is 0 Å². The van der Waals surface area contributed by atoms with Gasteiger partial charge in [0.15, 0.2) is 0 Å². The van der Waals surface area contributed by atoms with E-state index in [-0.39, 0.29) is 0 Å².